The first-order chi connectivity index (χ1) is 12.5. The van der Waals surface area contributed by atoms with Gasteiger partial charge < -0.3 is 15.4 Å². The fraction of sp³-hybridized carbons (Fsp3) is 0.474. The molecule has 1 fully saturated rings. The summed E-state index contributed by atoms with van der Waals surface area (Å²) < 4.78 is 8.91. The van der Waals surface area contributed by atoms with Gasteiger partial charge in [0.25, 0.3) is 11.5 Å². The number of nitrogens with zero attached hydrogens (tertiary/aromatic N) is 2. The van der Waals surface area contributed by atoms with Crippen LogP contribution in [0.2, 0.25) is 0 Å². The smallest absolute Gasteiger partial charge is 0.295 e. The molecule has 7 heteroatoms. The molecule has 0 unspecified atom stereocenters. The van der Waals surface area contributed by atoms with Crippen molar-refractivity contribution in [3.05, 3.63) is 46.4 Å². The fourth-order valence-electron chi connectivity index (χ4n) is 3.24. The lowest BCUT2D eigenvalue weighted by Gasteiger charge is -2.13. The van der Waals surface area contributed by atoms with Gasteiger partial charge in [-0.2, -0.15) is 0 Å². The Balaban J connectivity index is 1.73. The van der Waals surface area contributed by atoms with Crippen molar-refractivity contribution in [2.45, 2.75) is 38.8 Å². The van der Waals surface area contributed by atoms with Crippen LogP contribution in [0, 0.1) is 6.92 Å². The van der Waals surface area contributed by atoms with Gasteiger partial charge in [0.05, 0.1) is 11.4 Å². The maximum atomic E-state index is 12.8. The minimum absolute atomic E-state index is 0.172. The summed E-state index contributed by atoms with van der Waals surface area (Å²) in [6.07, 6.45) is 2.35. The molecule has 140 valence electrons. The molecule has 2 aromatic rings. The van der Waals surface area contributed by atoms with Crippen molar-refractivity contribution in [3.63, 3.8) is 0 Å². The second kappa shape index (κ2) is 7.88. The van der Waals surface area contributed by atoms with E-state index in [4.69, 9.17) is 4.74 Å². The minimum Gasteiger partial charge on any atom is -0.372 e. The van der Waals surface area contributed by atoms with Gasteiger partial charge in [0.15, 0.2) is 6.04 Å². The quantitative estimate of drug-likeness (QED) is 0.790. The van der Waals surface area contributed by atoms with Crippen molar-refractivity contribution in [1.82, 2.24) is 9.36 Å². The summed E-state index contributed by atoms with van der Waals surface area (Å²) in [5.74, 6) is -0.172. The summed E-state index contributed by atoms with van der Waals surface area (Å²) in [4.78, 5) is 25.4. The van der Waals surface area contributed by atoms with Crippen molar-refractivity contribution < 1.29 is 14.8 Å². The van der Waals surface area contributed by atoms with Gasteiger partial charge >= 0.3 is 0 Å². The van der Waals surface area contributed by atoms with Gasteiger partial charge in [-0.15, -0.1) is 0 Å². The molecule has 0 radical (unpaired) electrons. The van der Waals surface area contributed by atoms with E-state index < -0.39 is 0 Å². The Labute approximate surface area is 152 Å². The van der Waals surface area contributed by atoms with Crippen LogP contribution >= 0.6 is 0 Å². The first-order valence-corrected chi connectivity index (χ1v) is 9.09. The number of carbonyl (C=O) groups is 1. The topological polar surface area (TPSA) is 81.9 Å². The first kappa shape index (κ1) is 18.4. The van der Waals surface area contributed by atoms with Crippen LogP contribution in [0.3, 0.4) is 0 Å². The van der Waals surface area contributed by atoms with Crippen LogP contribution in [0.25, 0.3) is 5.69 Å². The normalized spacial score (nSPS) is 18.0. The predicted molar refractivity (Wildman–Crippen MR) is 99.6 cm³/mol. The van der Waals surface area contributed by atoms with Crippen LogP contribution < -0.4 is 16.2 Å². The molecule has 0 spiro atoms. The number of carbonyl (C=O) groups excluding carboxylic acids is 1. The Morgan fingerprint density at radius 2 is 2.12 bits per heavy atom. The number of anilines is 1. The molecular weight excluding hydrogens is 332 g/mol. The summed E-state index contributed by atoms with van der Waals surface area (Å²) in [5, 5.41) is 4.79. The van der Waals surface area contributed by atoms with E-state index >= 15 is 0 Å². The standard InChI is InChI=1S/C19H26N4O3/c1-13(20-12-16-10-7-11-26-16)18(24)21-17-14(2)22(3)23(19(17)25)15-8-5-4-6-9-15/h4-6,8-9,13,16,20H,7,10-12H2,1-3H3,(H,21,24)/p+1/t13-,16-/m0/s1. The maximum Gasteiger partial charge on any atom is 0.295 e. The van der Waals surface area contributed by atoms with E-state index in [0.717, 1.165) is 37.4 Å². The zero-order valence-electron chi connectivity index (χ0n) is 15.6. The summed E-state index contributed by atoms with van der Waals surface area (Å²) in [5.41, 5.74) is 1.59. The highest BCUT2D eigenvalue weighted by Gasteiger charge is 2.24. The van der Waals surface area contributed by atoms with E-state index in [9.17, 15) is 9.59 Å². The third-order valence-corrected chi connectivity index (χ3v) is 4.99. The molecule has 1 aliphatic heterocycles. The number of para-hydroxylation sites is 1. The number of ether oxygens (including phenoxy) is 1. The highest BCUT2D eigenvalue weighted by molar-refractivity contribution is 5.93. The lowest BCUT2D eigenvalue weighted by Crippen LogP contribution is -2.93. The third kappa shape index (κ3) is 3.73. The van der Waals surface area contributed by atoms with Crippen molar-refractivity contribution >= 4 is 11.6 Å². The maximum absolute atomic E-state index is 12.8. The van der Waals surface area contributed by atoms with Crippen molar-refractivity contribution in [3.8, 4) is 5.69 Å². The van der Waals surface area contributed by atoms with Crippen LogP contribution in [-0.4, -0.2) is 40.6 Å². The number of aromatic nitrogens is 2. The molecule has 1 aromatic carbocycles. The lowest BCUT2D eigenvalue weighted by molar-refractivity contribution is -0.678. The number of nitrogens with two attached hydrogens (primary N) is 1. The van der Waals surface area contributed by atoms with Gasteiger partial charge in [-0.25, -0.2) is 4.68 Å². The lowest BCUT2D eigenvalue weighted by atomic mass is 10.2. The summed E-state index contributed by atoms with van der Waals surface area (Å²) in [6.45, 7) is 5.24. The number of rotatable bonds is 6. The molecule has 1 aromatic heterocycles. The number of hydrogen-bond donors (Lipinski definition) is 2. The average molecular weight is 359 g/mol. The highest BCUT2D eigenvalue weighted by Crippen LogP contribution is 2.14. The first-order valence-electron chi connectivity index (χ1n) is 9.09. The highest BCUT2D eigenvalue weighted by atomic mass is 16.5. The van der Waals surface area contributed by atoms with Crippen LogP contribution in [0.5, 0.6) is 0 Å². The molecule has 1 amide bonds. The van der Waals surface area contributed by atoms with Crippen molar-refractivity contribution in [1.29, 1.82) is 0 Å². The Hall–Kier alpha value is -2.38. The van der Waals surface area contributed by atoms with E-state index in [2.05, 4.69) is 5.32 Å². The number of nitrogens with one attached hydrogen (secondary N) is 1. The third-order valence-electron chi connectivity index (χ3n) is 4.99. The monoisotopic (exact) mass is 359 g/mol. The number of benzene rings is 1. The Bertz CT molecular complexity index is 819. The molecule has 3 rings (SSSR count). The van der Waals surface area contributed by atoms with Crippen molar-refractivity contribution in [2.75, 3.05) is 18.5 Å². The largest absolute Gasteiger partial charge is 0.372 e. The second-order valence-electron chi connectivity index (χ2n) is 6.82. The minimum atomic E-state index is -0.289. The molecule has 2 atom stereocenters. The Morgan fingerprint density at radius 3 is 2.77 bits per heavy atom. The van der Waals surface area contributed by atoms with E-state index in [1.54, 1.807) is 9.36 Å². The summed E-state index contributed by atoms with van der Waals surface area (Å²) >= 11 is 0. The second-order valence-corrected chi connectivity index (χ2v) is 6.82. The fourth-order valence-corrected chi connectivity index (χ4v) is 3.24. The Morgan fingerprint density at radius 1 is 1.38 bits per heavy atom. The molecule has 7 nitrogen and oxygen atoms in total. The summed E-state index contributed by atoms with van der Waals surface area (Å²) in [6, 6.07) is 9.10. The molecule has 0 saturated carbocycles. The number of hydrogen-bond acceptors (Lipinski definition) is 3. The van der Waals surface area contributed by atoms with Crippen LogP contribution in [0.15, 0.2) is 35.1 Å². The van der Waals surface area contributed by atoms with Gasteiger partial charge in [0, 0.05) is 13.7 Å². The van der Waals surface area contributed by atoms with Crippen LogP contribution in [0.1, 0.15) is 25.5 Å². The van der Waals surface area contributed by atoms with Gasteiger partial charge in [0.2, 0.25) is 0 Å². The van der Waals surface area contributed by atoms with E-state index in [0.29, 0.717) is 5.69 Å². The molecule has 2 heterocycles. The zero-order valence-corrected chi connectivity index (χ0v) is 15.6. The van der Waals surface area contributed by atoms with Gasteiger partial charge in [-0.3, -0.25) is 14.3 Å². The van der Waals surface area contributed by atoms with Crippen LogP contribution in [-0.2, 0) is 16.6 Å². The molecule has 0 bridgehead atoms. The van der Waals surface area contributed by atoms with Gasteiger partial charge in [0.1, 0.15) is 18.3 Å². The number of amides is 1. The molecule has 26 heavy (non-hydrogen) atoms. The predicted octanol–water partition coefficient (Wildman–Crippen LogP) is 0.554. The molecule has 1 saturated heterocycles. The van der Waals surface area contributed by atoms with Gasteiger partial charge in [-0.05, 0) is 38.8 Å². The Kier molecular flexibility index (Phi) is 5.58. The van der Waals surface area contributed by atoms with E-state index in [1.807, 2.05) is 56.5 Å². The molecular formula is C19H27N4O3+. The average Bonchev–Trinajstić information content (AvgIpc) is 3.23. The van der Waals surface area contributed by atoms with E-state index in [-0.39, 0.29) is 23.6 Å². The SMILES string of the molecule is Cc1c(NC(=O)[C@H](C)[NH2+]C[C@@H]2CCCO2)c(=O)n(-c2ccccc2)n1C. The van der Waals surface area contributed by atoms with Crippen LogP contribution in [0.4, 0.5) is 5.69 Å². The molecule has 0 aliphatic carbocycles. The summed E-state index contributed by atoms with van der Waals surface area (Å²) in [7, 11) is 1.81. The molecule has 1 aliphatic rings. The van der Waals surface area contributed by atoms with E-state index in [1.165, 1.54) is 0 Å². The molecule has 3 N–H and O–H groups in total. The van der Waals surface area contributed by atoms with Gasteiger partial charge in [-0.1, -0.05) is 18.2 Å². The number of quaternary nitrogens is 1. The van der Waals surface area contributed by atoms with Crippen molar-refractivity contribution in [2.24, 2.45) is 7.05 Å². The zero-order chi connectivity index (χ0) is 18.7.